The highest BCUT2D eigenvalue weighted by Gasteiger charge is 2.29. The van der Waals surface area contributed by atoms with Crippen LogP contribution in [0.15, 0.2) is 51.3 Å². The standard InChI is InChI=1S/C22H27N5O/c1-3-18(17(13-23)19-6-4-5-11-24-19)25-20-12-16(8-7-14(20)2)21-26-22(28-27-21)15-9-10-15/h3,7-8,12-13,15,25H,4-6,9-11,23H2,1-2H3/b17-13-,18-3-. The Hall–Kier alpha value is -2.89. The summed E-state index contributed by atoms with van der Waals surface area (Å²) in [6.45, 7) is 4.96. The van der Waals surface area contributed by atoms with Crippen LogP contribution < -0.4 is 11.1 Å². The van der Waals surface area contributed by atoms with Gasteiger partial charge in [-0.25, -0.2) is 0 Å². The van der Waals surface area contributed by atoms with E-state index in [0.29, 0.717) is 11.7 Å². The zero-order chi connectivity index (χ0) is 19.5. The van der Waals surface area contributed by atoms with Crippen molar-refractivity contribution in [3.63, 3.8) is 0 Å². The van der Waals surface area contributed by atoms with Crippen LogP contribution >= 0.6 is 0 Å². The van der Waals surface area contributed by atoms with Gasteiger partial charge in [0.25, 0.3) is 0 Å². The highest BCUT2D eigenvalue weighted by atomic mass is 16.5. The van der Waals surface area contributed by atoms with Gasteiger partial charge >= 0.3 is 0 Å². The Morgan fingerprint density at radius 1 is 1.29 bits per heavy atom. The largest absolute Gasteiger partial charge is 0.404 e. The average molecular weight is 377 g/mol. The summed E-state index contributed by atoms with van der Waals surface area (Å²) in [6.07, 6.45) is 9.26. The van der Waals surface area contributed by atoms with Gasteiger partial charge in [-0.15, -0.1) is 0 Å². The van der Waals surface area contributed by atoms with Crippen molar-refractivity contribution >= 4 is 11.4 Å². The number of rotatable bonds is 6. The van der Waals surface area contributed by atoms with Crippen LogP contribution in [0, 0.1) is 6.92 Å². The second-order valence-corrected chi connectivity index (χ2v) is 7.45. The van der Waals surface area contributed by atoms with Crippen molar-refractivity contribution < 1.29 is 4.52 Å². The van der Waals surface area contributed by atoms with Crippen LogP contribution in [-0.2, 0) is 0 Å². The van der Waals surface area contributed by atoms with E-state index in [1.165, 1.54) is 0 Å². The fourth-order valence-electron chi connectivity index (χ4n) is 3.44. The van der Waals surface area contributed by atoms with E-state index in [-0.39, 0.29) is 0 Å². The summed E-state index contributed by atoms with van der Waals surface area (Å²) in [7, 11) is 0. The lowest BCUT2D eigenvalue weighted by atomic mass is 9.99. The van der Waals surface area contributed by atoms with Gasteiger partial charge in [0.2, 0.25) is 11.7 Å². The number of benzene rings is 1. The lowest BCUT2D eigenvalue weighted by molar-refractivity contribution is 0.380. The van der Waals surface area contributed by atoms with Crippen molar-refractivity contribution in [3.05, 3.63) is 53.2 Å². The van der Waals surface area contributed by atoms with Crippen LogP contribution in [0.1, 0.15) is 56.4 Å². The third kappa shape index (κ3) is 3.86. The molecule has 0 radical (unpaired) electrons. The molecule has 0 amide bonds. The number of hydrogen-bond acceptors (Lipinski definition) is 6. The predicted molar refractivity (Wildman–Crippen MR) is 112 cm³/mol. The number of nitrogens with one attached hydrogen (secondary N) is 1. The molecule has 4 rings (SSSR count). The van der Waals surface area contributed by atoms with Crippen LogP contribution in [0.5, 0.6) is 0 Å². The molecule has 0 atom stereocenters. The van der Waals surface area contributed by atoms with E-state index in [9.17, 15) is 0 Å². The van der Waals surface area contributed by atoms with Gasteiger partial charge in [0.15, 0.2) is 0 Å². The van der Waals surface area contributed by atoms with Crippen molar-refractivity contribution in [3.8, 4) is 11.4 Å². The van der Waals surface area contributed by atoms with Gasteiger partial charge < -0.3 is 15.6 Å². The Labute approximate surface area is 165 Å². The second-order valence-electron chi connectivity index (χ2n) is 7.45. The first kappa shape index (κ1) is 18.5. The number of allylic oxidation sites excluding steroid dienone is 2. The van der Waals surface area contributed by atoms with E-state index in [1.807, 2.05) is 19.1 Å². The zero-order valence-corrected chi connectivity index (χ0v) is 16.5. The van der Waals surface area contributed by atoms with Crippen LogP contribution in [0.2, 0.25) is 0 Å². The van der Waals surface area contributed by atoms with Crippen molar-refractivity contribution in [2.45, 2.75) is 51.9 Å². The molecule has 6 heteroatoms. The summed E-state index contributed by atoms with van der Waals surface area (Å²) in [5.41, 5.74) is 12.1. The van der Waals surface area contributed by atoms with E-state index >= 15 is 0 Å². The van der Waals surface area contributed by atoms with E-state index in [2.05, 4.69) is 39.5 Å². The third-order valence-corrected chi connectivity index (χ3v) is 5.31. The van der Waals surface area contributed by atoms with E-state index in [4.69, 9.17) is 10.3 Å². The summed E-state index contributed by atoms with van der Waals surface area (Å²) in [5.74, 6) is 1.84. The monoisotopic (exact) mass is 377 g/mol. The number of aryl methyl sites for hydroxylation is 1. The maximum atomic E-state index is 5.97. The average Bonchev–Trinajstić information content (AvgIpc) is 3.47. The first-order valence-corrected chi connectivity index (χ1v) is 10.0. The molecular formula is C22H27N5O. The molecular weight excluding hydrogens is 350 g/mol. The summed E-state index contributed by atoms with van der Waals surface area (Å²) in [5, 5.41) is 7.71. The smallest absolute Gasteiger partial charge is 0.230 e. The highest BCUT2D eigenvalue weighted by molar-refractivity contribution is 6.04. The first-order valence-electron chi connectivity index (χ1n) is 10.0. The van der Waals surface area contributed by atoms with Gasteiger partial charge in [0.1, 0.15) is 0 Å². The Kier molecular flexibility index (Phi) is 5.28. The molecule has 28 heavy (non-hydrogen) atoms. The Balaban J connectivity index is 1.59. The summed E-state index contributed by atoms with van der Waals surface area (Å²) < 4.78 is 5.42. The number of aliphatic imine (C=N–C) groups is 1. The molecule has 146 valence electrons. The minimum Gasteiger partial charge on any atom is -0.404 e. The maximum Gasteiger partial charge on any atom is 0.230 e. The quantitative estimate of drug-likeness (QED) is 0.712. The lowest BCUT2D eigenvalue weighted by Gasteiger charge is -2.20. The van der Waals surface area contributed by atoms with E-state index < -0.39 is 0 Å². The minimum absolute atomic E-state index is 0.451. The molecule has 0 saturated heterocycles. The van der Waals surface area contributed by atoms with E-state index in [0.717, 1.165) is 78.3 Å². The van der Waals surface area contributed by atoms with Crippen molar-refractivity contribution in [1.29, 1.82) is 0 Å². The molecule has 0 bridgehead atoms. The molecule has 1 aromatic carbocycles. The number of hydrogen-bond donors (Lipinski definition) is 2. The number of anilines is 1. The molecule has 1 aliphatic heterocycles. The first-order chi connectivity index (χ1) is 13.7. The number of nitrogens with zero attached hydrogens (tertiary/aromatic N) is 3. The molecule has 3 N–H and O–H groups in total. The molecule has 1 saturated carbocycles. The van der Waals surface area contributed by atoms with Crippen LogP contribution in [0.3, 0.4) is 0 Å². The number of aromatic nitrogens is 2. The molecule has 6 nitrogen and oxygen atoms in total. The minimum atomic E-state index is 0.451. The molecule has 2 aromatic rings. The Morgan fingerprint density at radius 2 is 2.14 bits per heavy atom. The van der Waals surface area contributed by atoms with Crippen LogP contribution in [-0.4, -0.2) is 22.4 Å². The van der Waals surface area contributed by atoms with Crippen LogP contribution in [0.4, 0.5) is 5.69 Å². The van der Waals surface area contributed by atoms with Gasteiger partial charge in [-0.1, -0.05) is 23.4 Å². The Morgan fingerprint density at radius 3 is 2.82 bits per heavy atom. The van der Waals surface area contributed by atoms with Crippen LogP contribution in [0.25, 0.3) is 11.4 Å². The number of nitrogens with two attached hydrogens (primary N) is 1. The molecule has 1 fully saturated rings. The van der Waals surface area contributed by atoms with Gasteiger partial charge in [0.05, 0.1) is 0 Å². The summed E-state index contributed by atoms with van der Waals surface area (Å²) in [6, 6.07) is 6.17. The van der Waals surface area contributed by atoms with Gasteiger partial charge in [0, 0.05) is 46.9 Å². The van der Waals surface area contributed by atoms with Gasteiger partial charge in [-0.05, 0) is 57.6 Å². The lowest BCUT2D eigenvalue weighted by Crippen LogP contribution is -2.16. The molecule has 2 heterocycles. The van der Waals surface area contributed by atoms with Gasteiger partial charge in [-0.2, -0.15) is 4.98 Å². The van der Waals surface area contributed by atoms with Crippen molar-refractivity contribution in [1.82, 2.24) is 10.1 Å². The van der Waals surface area contributed by atoms with Gasteiger partial charge in [-0.3, -0.25) is 4.99 Å². The van der Waals surface area contributed by atoms with E-state index in [1.54, 1.807) is 6.20 Å². The zero-order valence-electron chi connectivity index (χ0n) is 16.5. The molecule has 0 spiro atoms. The third-order valence-electron chi connectivity index (χ3n) is 5.31. The molecule has 0 unspecified atom stereocenters. The summed E-state index contributed by atoms with van der Waals surface area (Å²) >= 11 is 0. The van der Waals surface area contributed by atoms with Crippen molar-refractivity contribution in [2.24, 2.45) is 10.7 Å². The van der Waals surface area contributed by atoms with Crippen molar-refractivity contribution in [2.75, 3.05) is 11.9 Å². The summed E-state index contributed by atoms with van der Waals surface area (Å²) in [4.78, 5) is 9.25. The Bertz CT molecular complexity index is 950. The predicted octanol–water partition coefficient (Wildman–Crippen LogP) is 4.71. The SMILES string of the molecule is C/C=C(Nc1cc(-c2noc(C3CC3)n2)ccc1C)/C(=C/N)C1=NCCCC1. The maximum absolute atomic E-state index is 5.97. The fourth-order valence-corrected chi connectivity index (χ4v) is 3.44. The second kappa shape index (κ2) is 8.00. The fraction of sp³-hybridized carbons (Fsp3) is 0.409. The normalized spacial score (nSPS) is 18.1. The topological polar surface area (TPSA) is 89.3 Å². The molecule has 1 aliphatic carbocycles. The molecule has 1 aromatic heterocycles. The molecule has 2 aliphatic rings. The highest BCUT2D eigenvalue weighted by Crippen LogP contribution is 2.39.